The van der Waals surface area contributed by atoms with Gasteiger partial charge in [0.25, 0.3) is 0 Å². The molecule has 168 valence electrons. The van der Waals surface area contributed by atoms with Crippen molar-refractivity contribution < 1.29 is 4.74 Å². The van der Waals surface area contributed by atoms with Gasteiger partial charge in [-0.25, -0.2) is 0 Å². The van der Waals surface area contributed by atoms with Gasteiger partial charge in [-0.05, 0) is 89.1 Å². The zero-order valence-electron chi connectivity index (χ0n) is 19.8. The van der Waals surface area contributed by atoms with Crippen LogP contribution in [0.25, 0.3) is 0 Å². The van der Waals surface area contributed by atoms with Gasteiger partial charge in [0, 0.05) is 31.5 Å². The molecule has 0 spiro atoms. The van der Waals surface area contributed by atoms with E-state index in [1.807, 2.05) is 7.05 Å². The van der Waals surface area contributed by atoms with Crippen LogP contribution in [0.4, 0.5) is 0 Å². The molecule has 3 rings (SSSR count). The van der Waals surface area contributed by atoms with Gasteiger partial charge in [0.2, 0.25) is 0 Å². The van der Waals surface area contributed by atoms with Gasteiger partial charge in [-0.1, -0.05) is 19.8 Å². The Morgan fingerprint density at radius 2 is 1.23 bits per heavy atom. The second kappa shape index (κ2) is 16.3. The van der Waals surface area contributed by atoms with Gasteiger partial charge in [-0.15, -0.1) is 37.0 Å². The van der Waals surface area contributed by atoms with E-state index in [-0.39, 0.29) is 0 Å². The number of ether oxygens (including phenoxy) is 1. The van der Waals surface area contributed by atoms with E-state index < -0.39 is 0 Å². The lowest BCUT2D eigenvalue weighted by molar-refractivity contribution is 0.154. The molecular weight excluding hydrogens is 366 g/mol. The van der Waals surface area contributed by atoms with E-state index in [0.29, 0.717) is 17.8 Å². The quantitative estimate of drug-likeness (QED) is 0.560. The van der Waals surface area contributed by atoms with Crippen LogP contribution in [0.5, 0.6) is 0 Å². The van der Waals surface area contributed by atoms with E-state index in [1.54, 1.807) is 7.11 Å². The van der Waals surface area contributed by atoms with Crippen LogP contribution < -0.4 is 5.32 Å². The second-order valence-corrected chi connectivity index (χ2v) is 9.43. The normalized spacial score (nSPS) is 32.0. The standard InChI is InChI=1S/C10H16.C9H15N.C9H14O/c1-3-5-10-7-6-9(4-2)8-10;2*1-3-8-4-5-9(6-8)7-10-2/h2,9-10H,3,5-8H2,1H3;1,8-10H,4-7H2,2H3;1,8-9H,4-7H2,2H3. The molecule has 3 fully saturated rings. The molecular formula is C28H45NO. The molecule has 2 nitrogen and oxygen atoms in total. The first-order valence-corrected chi connectivity index (χ1v) is 12.1. The van der Waals surface area contributed by atoms with E-state index in [0.717, 1.165) is 30.9 Å². The van der Waals surface area contributed by atoms with Crippen molar-refractivity contribution in [1.29, 1.82) is 0 Å². The molecule has 3 saturated carbocycles. The number of hydrogen-bond donors (Lipinski definition) is 1. The number of terminal acetylenes is 3. The summed E-state index contributed by atoms with van der Waals surface area (Å²) in [6, 6.07) is 0. The summed E-state index contributed by atoms with van der Waals surface area (Å²) < 4.78 is 5.05. The smallest absolute Gasteiger partial charge is 0.0490 e. The van der Waals surface area contributed by atoms with Crippen LogP contribution in [0.1, 0.15) is 77.6 Å². The Morgan fingerprint density at radius 1 is 0.767 bits per heavy atom. The molecule has 3 aliphatic carbocycles. The third kappa shape index (κ3) is 10.6. The molecule has 0 aromatic rings. The van der Waals surface area contributed by atoms with Crippen LogP contribution in [0.3, 0.4) is 0 Å². The lowest BCUT2D eigenvalue weighted by Gasteiger charge is -2.06. The molecule has 0 saturated heterocycles. The van der Waals surface area contributed by atoms with Crippen molar-refractivity contribution in [2.45, 2.75) is 77.6 Å². The van der Waals surface area contributed by atoms with Crippen molar-refractivity contribution in [2.24, 2.45) is 35.5 Å². The summed E-state index contributed by atoms with van der Waals surface area (Å²) in [6.07, 6.45) is 30.0. The Labute approximate surface area is 187 Å². The summed E-state index contributed by atoms with van der Waals surface area (Å²) in [6.45, 7) is 4.28. The molecule has 3 aliphatic rings. The van der Waals surface area contributed by atoms with Crippen LogP contribution in [0.2, 0.25) is 0 Å². The first kappa shape index (κ1) is 26.6. The predicted molar refractivity (Wildman–Crippen MR) is 130 cm³/mol. The topological polar surface area (TPSA) is 21.3 Å². The van der Waals surface area contributed by atoms with Crippen LogP contribution in [0, 0.1) is 72.5 Å². The minimum atomic E-state index is 0.528. The largest absolute Gasteiger partial charge is 0.384 e. The van der Waals surface area contributed by atoms with E-state index in [9.17, 15) is 0 Å². The molecule has 1 N–H and O–H groups in total. The zero-order valence-corrected chi connectivity index (χ0v) is 19.8. The van der Waals surface area contributed by atoms with Gasteiger partial charge in [-0.3, -0.25) is 0 Å². The third-order valence-electron chi connectivity index (χ3n) is 6.92. The fraction of sp³-hybridized carbons (Fsp3) is 0.786. The van der Waals surface area contributed by atoms with Crippen LogP contribution in [-0.2, 0) is 4.74 Å². The summed E-state index contributed by atoms with van der Waals surface area (Å²) >= 11 is 0. The molecule has 0 amide bonds. The maximum absolute atomic E-state index is 5.34. The van der Waals surface area contributed by atoms with Crippen molar-refractivity contribution in [3.8, 4) is 37.0 Å². The molecule has 0 radical (unpaired) electrons. The van der Waals surface area contributed by atoms with Crippen molar-refractivity contribution >= 4 is 0 Å². The second-order valence-electron chi connectivity index (χ2n) is 9.43. The third-order valence-corrected chi connectivity index (χ3v) is 6.92. The lowest BCUT2D eigenvalue weighted by Crippen LogP contribution is -2.16. The fourth-order valence-corrected chi connectivity index (χ4v) is 5.21. The molecule has 6 atom stereocenters. The highest BCUT2D eigenvalue weighted by Gasteiger charge is 2.23. The highest BCUT2D eigenvalue weighted by Crippen LogP contribution is 2.33. The monoisotopic (exact) mass is 411 g/mol. The Morgan fingerprint density at radius 3 is 1.67 bits per heavy atom. The molecule has 0 aromatic heterocycles. The first-order chi connectivity index (χ1) is 14.6. The molecule has 0 aliphatic heterocycles. The summed E-state index contributed by atoms with van der Waals surface area (Å²) in [5.74, 6) is 12.7. The Kier molecular flexibility index (Phi) is 14.5. The van der Waals surface area contributed by atoms with Gasteiger partial charge in [0.15, 0.2) is 0 Å². The summed E-state index contributed by atoms with van der Waals surface area (Å²) in [5, 5.41) is 3.19. The summed E-state index contributed by atoms with van der Waals surface area (Å²) in [7, 11) is 3.76. The average molecular weight is 412 g/mol. The number of rotatable bonds is 6. The minimum absolute atomic E-state index is 0.528. The number of nitrogens with one attached hydrogen (secondary N) is 1. The Hall–Kier alpha value is -1.40. The highest BCUT2D eigenvalue weighted by atomic mass is 16.5. The SMILES string of the molecule is C#CC1CCC(CCC)C1.C#CC1CCC(CNC)C1.C#CC1CCC(COC)C1. The maximum atomic E-state index is 5.34. The van der Waals surface area contributed by atoms with Gasteiger partial charge in [0.1, 0.15) is 0 Å². The van der Waals surface area contributed by atoms with Crippen molar-refractivity contribution in [3.05, 3.63) is 0 Å². The average Bonchev–Trinajstić information content (AvgIpc) is 3.51. The molecule has 0 heterocycles. The van der Waals surface area contributed by atoms with Crippen molar-refractivity contribution in [1.82, 2.24) is 5.32 Å². The van der Waals surface area contributed by atoms with Crippen molar-refractivity contribution in [2.75, 3.05) is 27.3 Å². The van der Waals surface area contributed by atoms with Gasteiger partial charge < -0.3 is 10.1 Å². The summed E-state index contributed by atoms with van der Waals surface area (Å²) in [4.78, 5) is 0. The summed E-state index contributed by atoms with van der Waals surface area (Å²) in [5.41, 5.74) is 0. The van der Waals surface area contributed by atoms with E-state index in [2.05, 4.69) is 30.0 Å². The van der Waals surface area contributed by atoms with Gasteiger partial charge in [-0.2, -0.15) is 0 Å². The van der Waals surface area contributed by atoms with Gasteiger partial charge in [0.05, 0.1) is 0 Å². The molecule has 0 bridgehead atoms. The van der Waals surface area contributed by atoms with Gasteiger partial charge >= 0.3 is 0 Å². The number of methoxy groups -OCH3 is 1. The fourth-order valence-electron chi connectivity index (χ4n) is 5.21. The molecule has 0 aromatic carbocycles. The molecule has 6 unspecified atom stereocenters. The zero-order chi connectivity index (χ0) is 22.2. The first-order valence-electron chi connectivity index (χ1n) is 12.1. The van der Waals surface area contributed by atoms with Crippen molar-refractivity contribution in [3.63, 3.8) is 0 Å². The maximum Gasteiger partial charge on any atom is 0.0490 e. The highest BCUT2D eigenvalue weighted by molar-refractivity contribution is 4.98. The van der Waals surface area contributed by atoms with E-state index in [1.165, 1.54) is 70.6 Å². The minimum Gasteiger partial charge on any atom is -0.384 e. The molecule has 2 heteroatoms. The van der Waals surface area contributed by atoms with Crippen LogP contribution in [-0.4, -0.2) is 27.3 Å². The predicted octanol–water partition coefficient (Wildman–Crippen LogP) is 5.77. The molecule has 30 heavy (non-hydrogen) atoms. The number of hydrogen-bond acceptors (Lipinski definition) is 2. The van der Waals surface area contributed by atoms with Crippen LogP contribution in [0.15, 0.2) is 0 Å². The Bertz CT molecular complexity index is 482. The van der Waals surface area contributed by atoms with Crippen LogP contribution >= 0.6 is 0 Å². The van der Waals surface area contributed by atoms with E-state index >= 15 is 0 Å². The van der Waals surface area contributed by atoms with E-state index in [4.69, 9.17) is 24.0 Å². The lowest BCUT2D eigenvalue weighted by atomic mass is 10.0. The Balaban J connectivity index is 0.000000225.